The van der Waals surface area contributed by atoms with Gasteiger partial charge in [0, 0.05) is 5.54 Å². The Bertz CT molecular complexity index is 171. The van der Waals surface area contributed by atoms with Crippen LogP contribution in [0.4, 0.5) is 0 Å². The molecule has 12 heavy (non-hydrogen) atoms. The highest BCUT2D eigenvalue weighted by atomic mass is 16.3. The molecule has 2 saturated carbocycles. The van der Waals surface area contributed by atoms with Gasteiger partial charge in [-0.1, -0.05) is 19.3 Å². The van der Waals surface area contributed by atoms with Crippen LogP contribution in [0, 0.1) is 11.8 Å². The standard InChI is InChI=1S/C10H19NO/c11-10(7-12)5-4-8-2-1-3-9(8)6-10/h8-9,12H,1-7,11H2. The summed E-state index contributed by atoms with van der Waals surface area (Å²) in [6.45, 7) is 0.177. The van der Waals surface area contributed by atoms with Crippen LogP contribution < -0.4 is 5.73 Å². The van der Waals surface area contributed by atoms with Crippen molar-refractivity contribution in [2.45, 2.75) is 44.1 Å². The third kappa shape index (κ3) is 1.38. The molecule has 0 aromatic heterocycles. The third-order valence-electron chi connectivity index (χ3n) is 3.81. The topological polar surface area (TPSA) is 46.2 Å². The molecule has 2 heteroatoms. The normalized spacial score (nSPS) is 47.5. The number of fused-ring (bicyclic) bond motifs is 1. The van der Waals surface area contributed by atoms with Crippen molar-refractivity contribution in [3.05, 3.63) is 0 Å². The number of hydrogen-bond donors (Lipinski definition) is 2. The van der Waals surface area contributed by atoms with Crippen molar-refractivity contribution in [2.24, 2.45) is 17.6 Å². The van der Waals surface area contributed by atoms with Gasteiger partial charge in [-0.05, 0) is 31.1 Å². The Hall–Kier alpha value is -0.0800. The second-order valence-corrected chi connectivity index (χ2v) is 4.71. The van der Waals surface area contributed by atoms with Gasteiger partial charge in [0.05, 0.1) is 6.61 Å². The maximum atomic E-state index is 9.15. The van der Waals surface area contributed by atoms with Gasteiger partial charge in [-0.2, -0.15) is 0 Å². The van der Waals surface area contributed by atoms with Crippen molar-refractivity contribution in [1.29, 1.82) is 0 Å². The van der Waals surface area contributed by atoms with E-state index in [2.05, 4.69) is 0 Å². The molecule has 2 aliphatic carbocycles. The van der Waals surface area contributed by atoms with Gasteiger partial charge in [-0.15, -0.1) is 0 Å². The molecule has 0 aliphatic heterocycles. The van der Waals surface area contributed by atoms with Gasteiger partial charge in [0.15, 0.2) is 0 Å². The number of hydrogen-bond acceptors (Lipinski definition) is 2. The fraction of sp³-hybridized carbons (Fsp3) is 1.00. The summed E-state index contributed by atoms with van der Waals surface area (Å²) in [4.78, 5) is 0. The third-order valence-corrected chi connectivity index (χ3v) is 3.81. The van der Waals surface area contributed by atoms with Crippen molar-refractivity contribution in [1.82, 2.24) is 0 Å². The van der Waals surface area contributed by atoms with E-state index in [4.69, 9.17) is 10.8 Å². The molecule has 2 rings (SSSR count). The minimum absolute atomic E-state index is 0.177. The molecular formula is C10H19NO. The molecule has 0 radical (unpaired) electrons. The van der Waals surface area contributed by atoms with Crippen LogP contribution >= 0.6 is 0 Å². The van der Waals surface area contributed by atoms with Gasteiger partial charge in [0.25, 0.3) is 0 Å². The first-order valence-electron chi connectivity index (χ1n) is 5.13. The molecule has 3 unspecified atom stereocenters. The first kappa shape index (κ1) is 8.52. The Morgan fingerprint density at radius 2 is 2.00 bits per heavy atom. The summed E-state index contributed by atoms with van der Waals surface area (Å²) in [6, 6.07) is 0. The first-order chi connectivity index (χ1) is 5.73. The molecule has 3 N–H and O–H groups in total. The second kappa shape index (κ2) is 3.00. The lowest BCUT2D eigenvalue weighted by Gasteiger charge is -2.38. The molecule has 0 spiro atoms. The second-order valence-electron chi connectivity index (χ2n) is 4.71. The van der Waals surface area contributed by atoms with Crippen molar-refractivity contribution < 1.29 is 5.11 Å². The summed E-state index contributed by atoms with van der Waals surface area (Å²) in [5, 5.41) is 9.15. The minimum Gasteiger partial charge on any atom is -0.394 e. The number of aliphatic hydroxyl groups excluding tert-OH is 1. The lowest BCUT2D eigenvalue weighted by atomic mass is 9.72. The quantitative estimate of drug-likeness (QED) is 0.621. The Morgan fingerprint density at radius 1 is 1.25 bits per heavy atom. The molecule has 2 fully saturated rings. The predicted molar refractivity (Wildman–Crippen MR) is 48.7 cm³/mol. The molecule has 2 nitrogen and oxygen atoms in total. The molecule has 0 aromatic rings. The van der Waals surface area contributed by atoms with Crippen LogP contribution in [0.3, 0.4) is 0 Å². The Morgan fingerprint density at radius 3 is 2.75 bits per heavy atom. The maximum absolute atomic E-state index is 9.15. The maximum Gasteiger partial charge on any atom is 0.0611 e. The smallest absolute Gasteiger partial charge is 0.0611 e. The number of rotatable bonds is 1. The summed E-state index contributed by atoms with van der Waals surface area (Å²) in [5.74, 6) is 1.77. The first-order valence-corrected chi connectivity index (χ1v) is 5.13. The van der Waals surface area contributed by atoms with Crippen molar-refractivity contribution >= 4 is 0 Å². The van der Waals surface area contributed by atoms with E-state index in [1.807, 2.05) is 0 Å². The molecule has 0 amide bonds. The van der Waals surface area contributed by atoms with E-state index < -0.39 is 0 Å². The van der Waals surface area contributed by atoms with E-state index in [1.165, 1.54) is 25.7 Å². The fourth-order valence-electron chi connectivity index (χ4n) is 3.00. The lowest BCUT2D eigenvalue weighted by molar-refractivity contribution is 0.107. The Labute approximate surface area is 74.1 Å². The molecular weight excluding hydrogens is 150 g/mol. The van der Waals surface area contributed by atoms with Crippen LogP contribution in [0.15, 0.2) is 0 Å². The zero-order valence-corrected chi connectivity index (χ0v) is 7.63. The number of nitrogens with two attached hydrogens (primary N) is 1. The van der Waals surface area contributed by atoms with Crippen LogP contribution in [0.1, 0.15) is 38.5 Å². The summed E-state index contributed by atoms with van der Waals surface area (Å²) in [6.07, 6.45) is 7.49. The van der Waals surface area contributed by atoms with Crippen LogP contribution in [0.5, 0.6) is 0 Å². The Balaban J connectivity index is 2.00. The molecule has 0 bridgehead atoms. The molecule has 2 aliphatic rings. The van der Waals surface area contributed by atoms with Gasteiger partial charge in [0.2, 0.25) is 0 Å². The monoisotopic (exact) mass is 169 g/mol. The average molecular weight is 169 g/mol. The highest BCUT2D eigenvalue weighted by Crippen LogP contribution is 2.44. The highest BCUT2D eigenvalue weighted by molar-refractivity contribution is 4.95. The SMILES string of the molecule is NC1(CO)CCC2CCCC2C1. The van der Waals surface area contributed by atoms with Crippen LogP contribution in [0.25, 0.3) is 0 Å². The molecule has 3 atom stereocenters. The average Bonchev–Trinajstić information content (AvgIpc) is 2.51. The molecule has 0 aromatic carbocycles. The predicted octanol–water partition coefficient (Wildman–Crippen LogP) is 1.28. The van der Waals surface area contributed by atoms with E-state index in [1.54, 1.807) is 0 Å². The van der Waals surface area contributed by atoms with E-state index in [0.29, 0.717) is 0 Å². The van der Waals surface area contributed by atoms with Gasteiger partial charge < -0.3 is 10.8 Å². The number of aliphatic hydroxyl groups is 1. The summed E-state index contributed by atoms with van der Waals surface area (Å²) in [7, 11) is 0. The van der Waals surface area contributed by atoms with E-state index in [9.17, 15) is 0 Å². The van der Waals surface area contributed by atoms with E-state index >= 15 is 0 Å². The van der Waals surface area contributed by atoms with E-state index in [-0.39, 0.29) is 12.1 Å². The van der Waals surface area contributed by atoms with Gasteiger partial charge >= 0.3 is 0 Å². The van der Waals surface area contributed by atoms with Crippen molar-refractivity contribution in [3.63, 3.8) is 0 Å². The summed E-state index contributed by atoms with van der Waals surface area (Å²) < 4.78 is 0. The van der Waals surface area contributed by atoms with Crippen LogP contribution in [-0.2, 0) is 0 Å². The molecule has 0 heterocycles. The molecule has 0 saturated heterocycles. The van der Waals surface area contributed by atoms with Gasteiger partial charge in [0.1, 0.15) is 0 Å². The largest absolute Gasteiger partial charge is 0.394 e. The summed E-state index contributed by atoms with van der Waals surface area (Å²) in [5.41, 5.74) is 5.83. The van der Waals surface area contributed by atoms with Crippen molar-refractivity contribution in [3.8, 4) is 0 Å². The van der Waals surface area contributed by atoms with Crippen LogP contribution in [-0.4, -0.2) is 17.3 Å². The van der Waals surface area contributed by atoms with Crippen LogP contribution in [0.2, 0.25) is 0 Å². The van der Waals surface area contributed by atoms with Gasteiger partial charge in [-0.25, -0.2) is 0 Å². The summed E-state index contributed by atoms with van der Waals surface area (Å²) >= 11 is 0. The molecule has 70 valence electrons. The fourth-order valence-corrected chi connectivity index (χ4v) is 3.00. The minimum atomic E-state index is -0.231. The van der Waals surface area contributed by atoms with Crippen molar-refractivity contribution in [2.75, 3.05) is 6.61 Å². The van der Waals surface area contributed by atoms with E-state index in [0.717, 1.165) is 24.7 Å². The Kier molecular flexibility index (Phi) is 2.13. The highest BCUT2D eigenvalue weighted by Gasteiger charge is 2.39. The lowest BCUT2D eigenvalue weighted by Crippen LogP contribution is -2.48. The zero-order valence-electron chi connectivity index (χ0n) is 7.63. The zero-order chi connectivity index (χ0) is 8.60. The van der Waals surface area contributed by atoms with Gasteiger partial charge in [-0.3, -0.25) is 0 Å².